The number of rotatable bonds is 4. The van der Waals surface area contributed by atoms with Crippen molar-refractivity contribution in [3.05, 3.63) is 51.9 Å². The summed E-state index contributed by atoms with van der Waals surface area (Å²) >= 11 is 1.29. The number of nitrogens with one attached hydrogen (secondary N) is 1. The van der Waals surface area contributed by atoms with Crippen molar-refractivity contribution in [1.82, 2.24) is 9.97 Å². The van der Waals surface area contributed by atoms with Gasteiger partial charge in [0, 0.05) is 28.8 Å². The molecule has 1 aromatic carbocycles. The predicted molar refractivity (Wildman–Crippen MR) is 76.1 cm³/mol. The van der Waals surface area contributed by atoms with Crippen LogP contribution < -0.4 is 11.3 Å². The Morgan fingerprint density at radius 2 is 2.21 bits per heavy atom. The minimum Gasteiger partial charge on any atom is -0.398 e. The van der Waals surface area contributed by atoms with E-state index in [2.05, 4.69) is 9.97 Å². The van der Waals surface area contributed by atoms with Gasteiger partial charge in [-0.3, -0.25) is 4.79 Å². The van der Waals surface area contributed by atoms with E-state index >= 15 is 0 Å². The van der Waals surface area contributed by atoms with Gasteiger partial charge in [0.15, 0.2) is 5.16 Å². The highest BCUT2D eigenvalue weighted by atomic mass is 32.2. The SMILES string of the molecule is Cc1cc(=O)[nH]c(SCC(O)c2ccccc2N)n1. The maximum atomic E-state index is 11.3. The van der Waals surface area contributed by atoms with E-state index in [4.69, 9.17) is 5.73 Å². The lowest BCUT2D eigenvalue weighted by atomic mass is 10.1. The number of nitrogens with two attached hydrogens (primary N) is 1. The van der Waals surface area contributed by atoms with E-state index in [1.807, 2.05) is 12.1 Å². The first-order chi connectivity index (χ1) is 9.06. The number of aromatic nitrogens is 2. The fourth-order valence-electron chi connectivity index (χ4n) is 1.68. The molecule has 5 nitrogen and oxygen atoms in total. The van der Waals surface area contributed by atoms with Gasteiger partial charge in [-0.25, -0.2) is 4.98 Å². The zero-order valence-electron chi connectivity index (χ0n) is 10.5. The van der Waals surface area contributed by atoms with Crippen LogP contribution in [-0.4, -0.2) is 20.8 Å². The molecule has 6 heteroatoms. The van der Waals surface area contributed by atoms with Gasteiger partial charge in [0.2, 0.25) is 0 Å². The Hall–Kier alpha value is -1.79. The van der Waals surface area contributed by atoms with E-state index < -0.39 is 6.10 Å². The minimum atomic E-state index is -0.697. The second-order valence-electron chi connectivity index (χ2n) is 4.15. The van der Waals surface area contributed by atoms with Crippen LogP contribution in [0.5, 0.6) is 0 Å². The summed E-state index contributed by atoms with van der Waals surface area (Å²) in [6.45, 7) is 1.75. The summed E-state index contributed by atoms with van der Waals surface area (Å²) in [5.74, 6) is 0.376. The smallest absolute Gasteiger partial charge is 0.251 e. The van der Waals surface area contributed by atoms with E-state index in [1.165, 1.54) is 17.8 Å². The Labute approximate surface area is 114 Å². The van der Waals surface area contributed by atoms with Crippen molar-refractivity contribution < 1.29 is 5.11 Å². The third-order valence-electron chi connectivity index (χ3n) is 2.58. The minimum absolute atomic E-state index is 0.191. The fraction of sp³-hybridized carbons (Fsp3) is 0.231. The van der Waals surface area contributed by atoms with Gasteiger partial charge in [-0.15, -0.1) is 0 Å². The molecule has 0 aliphatic rings. The first kappa shape index (κ1) is 13.6. The number of nitrogens with zero attached hydrogens (tertiary/aromatic N) is 1. The maximum absolute atomic E-state index is 11.3. The molecule has 19 heavy (non-hydrogen) atoms. The number of thioether (sulfide) groups is 1. The molecule has 4 N–H and O–H groups in total. The maximum Gasteiger partial charge on any atom is 0.251 e. The Morgan fingerprint density at radius 3 is 2.89 bits per heavy atom. The first-order valence-electron chi connectivity index (χ1n) is 5.79. The van der Waals surface area contributed by atoms with Crippen LogP contribution in [0.4, 0.5) is 5.69 Å². The fourth-order valence-corrected chi connectivity index (χ4v) is 2.56. The van der Waals surface area contributed by atoms with E-state index in [0.29, 0.717) is 27.9 Å². The van der Waals surface area contributed by atoms with Gasteiger partial charge in [-0.2, -0.15) is 0 Å². The lowest BCUT2D eigenvalue weighted by Crippen LogP contribution is -2.10. The molecular formula is C13H15N3O2S. The normalized spacial score (nSPS) is 12.3. The molecule has 100 valence electrons. The monoisotopic (exact) mass is 277 g/mol. The Morgan fingerprint density at radius 1 is 1.47 bits per heavy atom. The van der Waals surface area contributed by atoms with Crippen LogP contribution in [0.2, 0.25) is 0 Å². The van der Waals surface area contributed by atoms with Crippen LogP contribution in [0, 0.1) is 6.92 Å². The zero-order valence-corrected chi connectivity index (χ0v) is 11.3. The number of benzene rings is 1. The molecule has 0 bridgehead atoms. The molecule has 0 saturated heterocycles. The molecular weight excluding hydrogens is 262 g/mol. The third kappa shape index (κ3) is 3.59. The van der Waals surface area contributed by atoms with E-state index in [9.17, 15) is 9.90 Å². The second-order valence-corrected chi connectivity index (χ2v) is 5.16. The third-order valence-corrected chi connectivity index (χ3v) is 3.53. The number of nitrogen functional groups attached to an aromatic ring is 1. The lowest BCUT2D eigenvalue weighted by Gasteiger charge is -2.12. The number of H-pyrrole nitrogens is 1. The van der Waals surface area contributed by atoms with E-state index in [-0.39, 0.29) is 5.56 Å². The molecule has 1 unspecified atom stereocenters. The summed E-state index contributed by atoms with van der Waals surface area (Å²) in [6, 6.07) is 8.60. The van der Waals surface area contributed by atoms with Crippen molar-refractivity contribution in [3.8, 4) is 0 Å². The average molecular weight is 277 g/mol. The van der Waals surface area contributed by atoms with Crippen molar-refractivity contribution in [1.29, 1.82) is 0 Å². The molecule has 0 radical (unpaired) electrons. The number of aliphatic hydroxyl groups excluding tert-OH is 1. The number of anilines is 1. The Kier molecular flexibility index (Phi) is 4.24. The first-order valence-corrected chi connectivity index (χ1v) is 6.78. The summed E-state index contributed by atoms with van der Waals surface area (Å²) in [5.41, 5.74) is 7.50. The Bertz CT molecular complexity index is 627. The van der Waals surface area contributed by atoms with Crippen molar-refractivity contribution in [2.45, 2.75) is 18.2 Å². The van der Waals surface area contributed by atoms with Crippen LogP contribution in [0.3, 0.4) is 0 Å². The molecule has 0 amide bonds. The summed E-state index contributed by atoms with van der Waals surface area (Å²) in [5, 5.41) is 10.6. The van der Waals surface area contributed by atoms with Crippen LogP contribution in [0.15, 0.2) is 40.3 Å². The summed E-state index contributed by atoms with van der Waals surface area (Å²) in [4.78, 5) is 18.1. The molecule has 2 rings (SSSR count). The molecule has 0 spiro atoms. The summed E-state index contributed by atoms with van der Waals surface area (Å²) in [6.07, 6.45) is -0.697. The molecule has 2 aromatic rings. The number of hydrogen-bond donors (Lipinski definition) is 3. The van der Waals surface area contributed by atoms with Gasteiger partial charge in [0.05, 0.1) is 6.10 Å². The van der Waals surface area contributed by atoms with Crippen LogP contribution in [0.25, 0.3) is 0 Å². The number of hydrogen-bond acceptors (Lipinski definition) is 5. The van der Waals surface area contributed by atoms with E-state index in [1.54, 1.807) is 19.1 Å². The van der Waals surface area contributed by atoms with Gasteiger partial charge in [-0.1, -0.05) is 30.0 Å². The highest BCUT2D eigenvalue weighted by molar-refractivity contribution is 7.99. The Balaban J connectivity index is 2.06. The molecule has 0 fully saturated rings. The largest absolute Gasteiger partial charge is 0.398 e. The lowest BCUT2D eigenvalue weighted by molar-refractivity contribution is 0.205. The number of para-hydroxylation sites is 1. The van der Waals surface area contributed by atoms with Gasteiger partial charge in [0.25, 0.3) is 5.56 Å². The number of aliphatic hydroxyl groups is 1. The molecule has 0 aliphatic heterocycles. The van der Waals surface area contributed by atoms with Crippen LogP contribution >= 0.6 is 11.8 Å². The van der Waals surface area contributed by atoms with Crippen molar-refractivity contribution in [2.24, 2.45) is 0 Å². The van der Waals surface area contributed by atoms with E-state index in [0.717, 1.165) is 0 Å². The molecule has 0 saturated carbocycles. The highest BCUT2D eigenvalue weighted by Crippen LogP contribution is 2.25. The highest BCUT2D eigenvalue weighted by Gasteiger charge is 2.11. The van der Waals surface area contributed by atoms with Crippen molar-refractivity contribution in [2.75, 3.05) is 11.5 Å². The molecule has 1 atom stereocenters. The quantitative estimate of drug-likeness (QED) is 0.447. The topological polar surface area (TPSA) is 92.0 Å². The number of aromatic amines is 1. The second kappa shape index (κ2) is 5.90. The van der Waals surface area contributed by atoms with Crippen LogP contribution in [-0.2, 0) is 0 Å². The predicted octanol–water partition coefficient (Wildman–Crippen LogP) is 1.49. The van der Waals surface area contributed by atoms with Crippen molar-refractivity contribution in [3.63, 3.8) is 0 Å². The van der Waals surface area contributed by atoms with Gasteiger partial charge in [-0.05, 0) is 13.0 Å². The van der Waals surface area contributed by atoms with Crippen molar-refractivity contribution >= 4 is 17.4 Å². The molecule has 0 aliphatic carbocycles. The number of aryl methyl sites for hydroxylation is 1. The molecule has 1 aromatic heterocycles. The standard InChI is InChI=1S/C13H15N3O2S/c1-8-6-12(18)16-13(15-8)19-7-11(17)9-4-2-3-5-10(9)14/h2-6,11,17H,7,14H2,1H3,(H,15,16,18). The molecule has 1 heterocycles. The zero-order chi connectivity index (χ0) is 13.8. The van der Waals surface area contributed by atoms with Gasteiger partial charge >= 0.3 is 0 Å². The summed E-state index contributed by atoms with van der Waals surface area (Å²) < 4.78 is 0. The van der Waals surface area contributed by atoms with Gasteiger partial charge < -0.3 is 15.8 Å². The summed E-state index contributed by atoms with van der Waals surface area (Å²) in [7, 11) is 0. The van der Waals surface area contributed by atoms with Gasteiger partial charge in [0.1, 0.15) is 0 Å². The van der Waals surface area contributed by atoms with Crippen LogP contribution in [0.1, 0.15) is 17.4 Å². The average Bonchev–Trinajstić information content (AvgIpc) is 2.35.